The quantitative estimate of drug-likeness (QED) is 0.343. The maximum Gasteiger partial charge on any atom is 0.220 e. The van der Waals surface area contributed by atoms with Gasteiger partial charge in [0.1, 0.15) is 12.7 Å². The predicted molar refractivity (Wildman–Crippen MR) is 63.5 cm³/mol. The lowest BCUT2D eigenvalue weighted by Gasteiger charge is -2.01. The molecule has 0 unspecified atom stereocenters. The first kappa shape index (κ1) is 12.0. The largest absolute Gasteiger partial charge is 0.409 e. The summed E-state index contributed by atoms with van der Waals surface area (Å²) < 4.78 is 1.45. The second-order valence-electron chi connectivity index (χ2n) is 3.62. The van der Waals surface area contributed by atoms with Gasteiger partial charge in [-0.15, -0.1) is 5.10 Å². The van der Waals surface area contributed by atoms with Crippen molar-refractivity contribution in [2.45, 2.75) is 19.8 Å². The van der Waals surface area contributed by atoms with Crippen LogP contribution in [0.2, 0.25) is 0 Å². The molecular weight excluding hydrogens is 234 g/mol. The Morgan fingerprint density at radius 2 is 2.28 bits per heavy atom. The molecule has 2 aromatic heterocycles. The minimum Gasteiger partial charge on any atom is -0.409 e. The van der Waals surface area contributed by atoms with E-state index in [9.17, 15) is 0 Å². The van der Waals surface area contributed by atoms with Crippen molar-refractivity contribution in [3.63, 3.8) is 0 Å². The van der Waals surface area contributed by atoms with Crippen LogP contribution in [-0.4, -0.2) is 35.8 Å². The van der Waals surface area contributed by atoms with Crippen LogP contribution in [0.25, 0.3) is 5.82 Å². The highest BCUT2D eigenvalue weighted by Crippen LogP contribution is 2.05. The Balaban J connectivity index is 2.31. The maximum atomic E-state index is 8.53. The third kappa shape index (κ3) is 2.42. The van der Waals surface area contributed by atoms with Gasteiger partial charge in [-0.25, -0.2) is 19.6 Å². The Labute approximate surface area is 103 Å². The highest BCUT2D eigenvalue weighted by molar-refractivity contribution is 5.93. The molecule has 0 aliphatic rings. The molecule has 2 heterocycles. The molecule has 0 aliphatic carbocycles. The lowest BCUT2D eigenvalue weighted by atomic mass is 10.2. The molecule has 94 valence electrons. The summed E-state index contributed by atoms with van der Waals surface area (Å²) >= 11 is 0. The van der Waals surface area contributed by atoms with Crippen LogP contribution >= 0.6 is 0 Å². The van der Waals surface area contributed by atoms with Gasteiger partial charge in [-0.3, -0.25) is 0 Å². The molecule has 0 aromatic carbocycles. The van der Waals surface area contributed by atoms with Gasteiger partial charge in [0.25, 0.3) is 0 Å². The third-order valence-corrected chi connectivity index (χ3v) is 2.28. The van der Waals surface area contributed by atoms with Gasteiger partial charge in [-0.2, -0.15) is 0 Å². The van der Waals surface area contributed by atoms with E-state index in [0.717, 1.165) is 18.5 Å². The summed E-state index contributed by atoms with van der Waals surface area (Å²) in [7, 11) is 0. The van der Waals surface area contributed by atoms with Gasteiger partial charge in [0, 0.05) is 11.8 Å². The molecule has 0 saturated heterocycles. The van der Waals surface area contributed by atoms with Crippen LogP contribution in [0.1, 0.15) is 24.9 Å². The molecule has 0 aliphatic heterocycles. The van der Waals surface area contributed by atoms with Crippen molar-refractivity contribution in [3.8, 4) is 5.82 Å². The number of rotatable bonds is 4. The number of nitrogens with zero attached hydrogens (tertiary/aromatic N) is 6. The van der Waals surface area contributed by atoms with Crippen LogP contribution in [0.4, 0.5) is 0 Å². The average molecular weight is 247 g/mol. The van der Waals surface area contributed by atoms with Gasteiger partial charge in [0.15, 0.2) is 5.82 Å². The van der Waals surface area contributed by atoms with Crippen molar-refractivity contribution < 1.29 is 5.21 Å². The molecule has 2 rings (SSSR count). The van der Waals surface area contributed by atoms with Crippen molar-refractivity contribution in [2.24, 2.45) is 10.9 Å². The molecule has 0 atom stereocenters. The Morgan fingerprint density at radius 1 is 1.44 bits per heavy atom. The number of nitrogens with two attached hydrogens (primary N) is 1. The van der Waals surface area contributed by atoms with Crippen LogP contribution in [-0.2, 0) is 6.42 Å². The number of hydrogen-bond donors (Lipinski definition) is 2. The summed E-state index contributed by atoms with van der Waals surface area (Å²) in [5.41, 5.74) is 6.33. The molecule has 0 fully saturated rings. The van der Waals surface area contributed by atoms with Crippen LogP contribution in [0.15, 0.2) is 23.9 Å². The van der Waals surface area contributed by atoms with Crippen molar-refractivity contribution in [2.75, 3.05) is 0 Å². The van der Waals surface area contributed by atoms with Crippen LogP contribution in [0.3, 0.4) is 0 Å². The molecule has 2 aromatic rings. The van der Waals surface area contributed by atoms with Crippen LogP contribution in [0, 0.1) is 0 Å². The van der Waals surface area contributed by atoms with E-state index >= 15 is 0 Å². The van der Waals surface area contributed by atoms with Crippen LogP contribution < -0.4 is 5.73 Å². The van der Waals surface area contributed by atoms with Gasteiger partial charge >= 0.3 is 0 Å². The SMILES string of the molecule is CCCc1cc(-n2cnc(C(N)=NO)n2)ncn1. The Hall–Kier alpha value is -2.51. The zero-order valence-electron chi connectivity index (χ0n) is 9.85. The minimum atomic E-state index is -0.142. The van der Waals surface area contributed by atoms with Crippen LogP contribution in [0.5, 0.6) is 0 Å². The number of amidine groups is 1. The van der Waals surface area contributed by atoms with E-state index in [-0.39, 0.29) is 11.7 Å². The number of oxime groups is 1. The lowest BCUT2D eigenvalue weighted by Crippen LogP contribution is -2.15. The molecular formula is C10H13N7O. The Morgan fingerprint density at radius 3 is 3.00 bits per heavy atom. The van der Waals surface area contributed by atoms with Crippen molar-refractivity contribution >= 4 is 5.84 Å². The van der Waals surface area contributed by atoms with Gasteiger partial charge < -0.3 is 10.9 Å². The fourth-order valence-electron chi connectivity index (χ4n) is 1.44. The van der Waals surface area contributed by atoms with Gasteiger partial charge in [0.05, 0.1) is 0 Å². The summed E-state index contributed by atoms with van der Waals surface area (Å²) in [6.45, 7) is 2.08. The van der Waals surface area contributed by atoms with E-state index < -0.39 is 0 Å². The van der Waals surface area contributed by atoms with E-state index in [1.165, 1.54) is 17.3 Å². The molecule has 0 bridgehead atoms. The second kappa shape index (κ2) is 5.21. The molecule has 8 heteroatoms. The molecule has 0 amide bonds. The van der Waals surface area contributed by atoms with E-state index in [4.69, 9.17) is 10.9 Å². The van der Waals surface area contributed by atoms with Crippen molar-refractivity contribution in [1.82, 2.24) is 24.7 Å². The maximum absolute atomic E-state index is 8.53. The summed E-state index contributed by atoms with van der Waals surface area (Å²) in [5, 5.41) is 15.4. The smallest absolute Gasteiger partial charge is 0.220 e. The molecule has 18 heavy (non-hydrogen) atoms. The average Bonchev–Trinajstić information content (AvgIpc) is 2.88. The highest BCUT2D eigenvalue weighted by Gasteiger charge is 2.08. The van der Waals surface area contributed by atoms with Crippen molar-refractivity contribution in [3.05, 3.63) is 30.2 Å². The summed E-state index contributed by atoms with van der Waals surface area (Å²) in [6, 6.07) is 1.83. The van der Waals surface area contributed by atoms with Gasteiger partial charge in [0.2, 0.25) is 11.7 Å². The summed E-state index contributed by atoms with van der Waals surface area (Å²) in [4.78, 5) is 12.2. The normalized spacial score (nSPS) is 11.7. The molecule has 3 N–H and O–H groups in total. The van der Waals surface area contributed by atoms with Gasteiger partial charge in [-0.05, 0) is 6.42 Å². The van der Waals surface area contributed by atoms with Crippen molar-refractivity contribution in [1.29, 1.82) is 0 Å². The standard InChI is InChI=1S/C10H13N7O/c1-2-3-7-4-8(13-5-12-7)17-6-14-10(15-17)9(11)16-18/h4-6,18H,2-3H2,1H3,(H2,11,16). The molecule has 0 saturated carbocycles. The first-order chi connectivity index (χ1) is 8.74. The first-order valence-corrected chi connectivity index (χ1v) is 5.45. The zero-order chi connectivity index (χ0) is 13.0. The Kier molecular flexibility index (Phi) is 3.46. The fraction of sp³-hybridized carbons (Fsp3) is 0.300. The number of hydrogen-bond acceptors (Lipinski definition) is 6. The second-order valence-corrected chi connectivity index (χ2v) is 3.62. The number of aryl methyl sites for hydroxylation is 1. The lowest BCUT2D eigenvalue weighted by molar-refractivity contribution is 0.318. The predicted octanol–water partition coefficient (Wildman–Crippen LogP) is 0.104. The molecule has 0 radical (unpaired) electrons. The Bertz CT molecular complexity index is 563. The van der Waals surface area contributed by atoms with E-state index in [0.29, 0.717) is 5.82 Å². The van der Waals surface area contributed by atoms with E-state index in [2.05, 4.69) is 32.1 Å². The fourth-order valence-corrected chi connectivity index (χ4v) is 1.44. The third-order valence-electron chi connectivity index (χ3n) is 2.28. The van der Waals surface area contributed by atoms with E-state index in [1.807, 2.05) is 6.07 Å². The summed E-state index contributed by atoms with van der Waals surface area (Å²) in [6.07, 6.45) is 4.80. The van der Waals surface area contributed by atoms with E-state index in [1.54, 1.807) is 0 Å². The molecule has 8 nitrogen and oxygen atoms in total. The first-order valence-electron chi connectivity index (χ1n) is 5.45. The minimum absolute atomic E-state index is 0.142. The number of aromatic nitrogens is 5. The monoisotopic (exact) mass is 247 g/mol. The topological polar surface area (TPSA) is 115 Å². The highest BCUT2D eigenvalue weighted by atomic mass is 16.4. The molecule has 0 spiro atoms. The van der Waals surface area contributed by atoms with Gasteiger partial charge in [-0.1, -0.05) is 18.5 Å². The summed E-state index contributed by atoms with van der Waals surface area (Å²) in [5.74, 6) is 0.600. The zero-order valence-corrected chi connectivity index (χ0v) is 9.85.